The third-order valence-electron chi connectivity index (χ3n) is 5.32. The van der Waals surface area contributed by atoms with E-state index in [9.17, 15) is 0 Å². The molecule has 0 spiro atoms. The second-order valence-corrected chi connectivity index (χ2v) is 7.57. The van der Waals surface area contributed by atoms with E-state index in [0.717, 1.165) is 57.3 Å². The predicted octanol–water partition coefficient (Wildman–Crippen LogP) is 4.11. The van der Waals surface area contributed by atoms with Gasteiger partial charge in [0, 0.05) is 44.8 Å². The molecular weight excluding hydrogens is 525 g/mol. The number of hydrogen-bond acceptors (Lipinski definition) is 4. The van der Waals surface area contributed by atoms with Crippen molar-refractivity contribution in [3.63, 3.8) is 0 Å². The zero-order valence-electron chi connectivity index (χ0n) is 19.7. The highest BCUT2D eigenvalue weighted by atomic mass is 127. The van der Waals surface area contributed by atoms with Crippen LogP contribution in [-0.2, 0) is 19.5 Å². The van der Waals surface area contributed by atoms with Crippen LogP contribution in [0.15, 0.2) is 72.0 Å². The number of guanidine groups is 1. The number of halogens is 1. The molecule has 0 amide bonds. The number of nitrogens with one attached hydrogen (secondary N) is 2. The summed E-state index contributed by atoms with van der Waals surface area (Å²) in [4.78, 5) is 7.19. The van der Waals surface area contributed by atoms with E-state index in [-0.39, 0.29) is 24.0 Å². The first kappa shape index (κ1) is 26.6. The number of hydrogen-bond donors (Lipinski definition) is 2. The lowest BCUT2D eigenvalue weighted by Gasteiger charge is -2.23. The number of aryl methyl sites for hydroxylation is 1. The van der Waals surface area contributed by atoms with Crippen LogP contribution in [0.2, 0.25) is 0 Å². The van der Waals surface area contributed by atoms with Crippen LogP contribution < -0.4 is 15.5 Å². The van der Waals surface area contributed by atoms with Gasteiger partial charge in [0.05, 0.1) is 6.54 Å². The van der Waals surface area contributed by atoms with Crippen LogP contribution in [-0.4, -0.2) is 46.9 Å². The first-order valence-electron chi connectivity index (χ1n) is 11.5. The SMILES string of the molecule is CCc1nncn1CCNC(=NCc1ccccc1)NCCCN(CC)c1ccccc1.I. The smallest absolute Gasteiger partial charge is 0.191 e. The summed E-state index contributed by atoms with van der Waals surface area (Å²) in [5.41, 5.74) is 2.47. The number of aliphatic imine (C=N–C) groups is 1. The molecule has 33 heavy (non-hydrogen) atoms. The second-order valence-electron chi connectivity index (χ2n) is 7.57. The average molecular weight is 562 g/mol. The minimum absolute atomic E-state index is 0. The molecule has 1 heterocycles. The fourth-order valence-electron chi connectivity index (χ4n) is 3.55. The van der Waals surface area contributed by atoms with Crippen molar-refractivity contribution in [2.75, 3.05) is 31.1 Å². The molecule has 0 atom stereocenters. The van der Waals surface area contributed by atoms with Crippen molar-refractivity contribution in [3.05, 3.63) is 78.4 Å². The van der Waals surface area contributed by atoms with E-state index in [0.29, 0.717) is 6.54 Å². The van der Waals surface area contributed by atoms with E-state index in [1.54, 1.807) is 6.33 Å². The first-order chi connectivity index (χ1) is 15.8. The Labute approximate surface area is 214 Å². The van der Waals surface area contributed by atoms with Crippen LogP contribution in [0.5, 0.6) is 0 Å². The summed E-state index contributed by atoms with van der Waals surface area (Å²) >= 11 is 0. The fraction of sp³-hybridized carbons (Fsp3) is 0.400. The van der Waals surface area contributed by atoms with Gasteiger partial charge >= 0.3 is 0 Å². The van der Waals surface area contributed by atoms with Gasteiger partial charge in [0.2, 0.25) is 0 Å². The molecule has 0 unspecified atom stereocenters. The highest BCUT2D eigenvalue weighted by Crippen LogP contribution is 2.12. The Bertz CT molecular complexity index is 928. The summed E-state index contributed by atoms with van der Waals surface area (Å²) in [6.07, 6.45) is 3.69. The molecule has 0 aliphatic carbocycles. The largest absolute Gasteiger partial charge is 0.372 e. The van der Waals surface area contributed by atoms with Gasteiger partial charge in [-0.25, -0.2) is 4.99 Å². The number of benzene rings is 2. The summed E-state index contributed by atoms with van der Waals surface area (Å²) in [6, 6.07) is 20.9. The minimum Gasteiger partial charge on any atom is -0.372 e. The fourth-order valence-corrected chi connectivity index (χ4v) is 3.55. The van der Waals surface area contributed by atoms with Crippen LogP contribution in [0.1, 0.15) is 31.7 Å². The van der Waals surface area contributed by atoms with Crippen molar-refractivity contribution >= 4 is 35.6 Å². The summed E-state index contributed by atoms with van der Waals surface area (Å²) < 4.78 is 2.08. The molecular formula is C25H36IN7. The Balaban J connectivity index is 0.00000385. The predicted molar refractivity (Wildman–Crippen MR) is 147 cm³/mol. The van der Waals surface area contributed by atoms with E-state index in [1.165, 1.54) is 11.3 Å². The topological polar surface area (TPSA) is 70.4 Å². The van der Waals surface area contributed by atoms with E-state index < -0.39 is 0 Å². The summed E-state index contributed by atoms with van der Waals surface area (Å²) in [5, 5.41) is 15.1. The van der Waals surface area contributed by atoms with Gasteiger partial charge < -0.3 is 20.1 Å². The van der Waals surface area contributed by atoms with Crippen molar-refractivity contribution in [1.82, 2.24) is 25.4 Å². The Kier molecular flexibility index (Phi) is 12.3. The molecule has 0 aliphatic heterocycles. The number of para-hydroxylation sites is 1. The number of anilines is 1. The maximum Gasteiger partial charge on any atom is 0.191 e. The molecule has 8 heteroatoms. The van der Waals surface area contributed by atoms with Crippen molar-refractivity contribution in [1.29, 1.82) is 0 Å². The normalized spacial score (nSPS) is 11.0. The van der Waals surface area contributed by atoms with Crippen molar-refractivity contribution in [3.8, 4) is 0 Å². The number of rotatable bonds is 12. The molecule has 3 aromatic rings. The van der Waals surface area contributed by atoms with Crippen LogP contribution in [0.3, 0.4) is 0 Å². The van der Waals surface area contributed by atoms with E-state index >= 15 is 0 Å². The van der Waals surface area contributed by atoms with Gasteiger partial charge in [-0.1, -0.05) is 55.5 Å². The Morgan fingerprint density at radius 1 is 0.970 bits per heavy atom. The lowest BCUT2D eigenvalue weighted by atomic mass is 10.2. The molecule has 0 radical (unpaired) electrons. The lowest BCUT2D eigenvalue weighted by Crippen LogP contribution is -2.40. The highest BCUT2D eigenvalue weighted by molar-refractivity contribution is 14.0. The van der Waals surface area contributed by atoms with Crippen molar-refractivity contribution < 1.29 is 0 Å². The van der Waals surface area contributed by atoms with E-state index in [4.69, 9.17) is 4.99 Å². The minimum atomic E-state index is 0. The number of aromatic nitrogens is 3. The Morgan fingerprint density at radius 2 is 1.67 bits per heavy atom. The monoisotopic (exact) mass is 561 g/mol. The van der Waals surface area contributed by atoms with Gasteiger partial charge in [-0.05, 0) is 31.0 Å². The van der Waals surface area contributed by atoms with Crippen LogP contribution >= 0.6 is 24.0 Å². The standard InChI is InChI=1S/C25H35N7.HI/c1-3-24-30-29-21-32(24)19-17-27-25(28-20-22-12-7-5-8-13-22)26-16-11-18-31(4-2)23-14-9-6-10-15-23;/h5-10,12-15,21H,3-4,11,16-20H2,1-2H3,(H2,26,27,28);1H. The van der Waals surface area contributed by atoms with E-state index in [2.05, 4.69) is 86.6 Å². The molecule has 0 saturated heterocycles. The van der Waals surface area contributed by atoms with Gasteiger partial charge in [0.25, 0.3) is 0 Å². The molecule has 0 saturated carbocycles. The maximum atomic E-state index is 4.79. The van der Waals surface area contributed by atoms with Crippen LogP contribution in [0, 0.1) is 0 Å². The second kappa shape index (κ2) is 15.3. The maximum absolute atomic E-state index is 4.79. The zero-order valence-corrected chi connectivity index (χ0v) is 22.0. The quantitative estimate of drug-likeness (QED) is 0.151. The average Bonchev–Trinajstić information content (AvgIpc) is 3.31. The highest BCUT2D eigenvalue weighted by Gasteiger charge is 2.05. The number of nitrogens with zero attached hydrogens (tertiary/aromatic N) is 5. The summed E-state index contributed by atoms with van der Waals surface area (Å²) in [7, 11) is 0. The van der Waals surface area contributed by atoms with Gasteiger partial charge in [-0.3, -0.25) is 0 Å². The van der Waals surface area contributed by atoms with Gasteiger partial charge in [-0.15, -0.1) is 34.2 Å². The van der Waals surface area contributed by atoms with E-state index in [1.807, 2.05) is 18.2 Å². The van der Waals surface area contributed by atoms with Crippen LogP contribution in [0.4, 0.5) is 5.69 Å². The van der Waals surface area contributed by atoms with Gasteiger partial charge in [-0.2, -0.15) is 0 Å². The molecule has 1 aromatic heterocycles. The Morgan fingerprint density at radius 3 is 2.36 bits per heavy atom. The lowest BCUT2D eigenvalue weighted by molar-refractivity contribution is 0.628. The van der Waals surface area contributed by atoms with Crippen LogP contribution in [0.25, 0.3) is 0 Å². The van der Waals surface area contributed by atoms with Crippen molar-refractivity contribution in [2.45, 2.75) is 39.8 Å². The third kappa shape index (κ3) is 9.03. The first-order valence-corrected chi connectivity index (χ1v) is 11.5. The molecule has 0 fully saturated rings. The zero-order chi connectivity index (χ0) is 22.4. The molecule has 3 rings (SSSR count). The Hall–Kier alpha value is -2.62. The molecule has 2 aromatic carbocycles. The van der Waals surface area contributed by atoms with Crippen molar-refractivity contribution in [2.24, 2.45) is 4.99 Å². The third-order valence-corrected chi connectivity index (χ3v) is 5.32. The molecule has 2 N–H and O–H groups in total. The molecule has 7 nitrogen and oxygen atoms in total. The molecule has 178 valence electrons. The van der Waals surface area contributed by atoms with Gasteiger partial charge in [0.15, 0.2) is 5.96 Å². The summed E-state index contributed by atoms with van der Waals surface area (Å²) in [6.45, 7) is 9.36. The molecule has 0 bridgehead atoms. The molecule has 0 aliphatic rings. The van der Waals surface area contributed by atoms with Gasteiger partial charge in [0.1, 0.15) is 12.2 Å². The summed E-state index contributed by atoms with van der Waals surface area (Å²) in [5.74, 6) is 1.84.